The summed E-state index contributed by atoms with van der Waals surface area (Å²) in [6, 6.07) is 4.91. The van der Waals surface area contributed by atoms with Crippen LogP contribution >= 0.6 is 0 Å². The molecular formula is C13H11F3N2O2. The molecule has 0 spiro atoms. The first-order chi connectivity index (χ1) is 9.23. The predicted molar refractivity (Wildman–Crippen MR) is 65.0 cm³/mol. The van der Waals surface area contributed by atoms with Gasteiger partial charge in [-0.15, -0.1) is 0 Å². The number of aryl methyl sites for hydroxylation is 1. The zero-order chi connectivity index (χ0) is 15.1. The van der Waals surface area contributed by atoms with E-state index in [1.807, 2.05) is 0 Å². The number of aromatic carboxylic acids is 1. The third kappa shape index (κ3) is 2.26. The summed E-state index contributed by atoms with van der Waals surface area (Å²) < 4.78 is 39.9. The molecule has 0 fully saturated rings. The van der Waals surface area contributed by atoms with E-state index in [2.05, 4.69) is 5.10 Å². The summed E-state index contributed by atoms with van der Waals surface area (Å²) in [5.41, 5.74) is -0.795. The maximum atomic E-state index is 13.0. The van der Waals surface area contributed by atoms with Gasteiger partial charge in [0.05, 0.1) is 22.6 Å². The summed E-state index contributed by atoms with van der Waals surface area (Å²) in [6.07, 6.45) is -4.54. The third-order valence-electron chi connectivity index (χ3n) is 2.94. The van der Waals surface area contributed by atoms with Gasteiger partial charge in [0.1, 0.15) is 5.56 Å². The fourth-order valence-electron chi connectivity index (χ4n) is 2.08. The van der Waals surface area contributed by atoms with Gasteiger partial charge in [-0.1, -0.05) is 12.1 Å². The fraction of sp³-hybridized carbons (Fsp3) is 0.231. The summed E-state index contributed by atoms with van der Waals surface area (Å²) in [4.78, 5) is 11.1. The summed E-state index contributed by atoms with van der Waals surface area (Å²) in [5.74, 6) is -1.21. The van der Waals surface area contributed by atoms with E-state index in [4.69, 9.17) is 5.11 Å². The van der Waals surface area contributed by atoms with Gasteiger partial charge in [0.15, 0.2) is 0 Å². The zero-order valence-corrected chi connectivity index (χ0v) is 10.7. The molecule has 2 rings (SSSR count). The van der Waals surface area contributed by atoms with Gasteiger partial charge in [-0.25, -0.2) is 9.48 Å². The number of benzene rings is 1. The Labute approximate surface area is 112 Å². The third-order valence-corrected chi connectivity index (χ3v) is 2.94. The van der Waals surface area contributed by atoms with Gasteiger partial charge >= 0.3 is 12.1 Å². The minimum atomic E-state index is -4.54. The van der Waals surface area contributed by atoms with Crippen molar-refractivity contribution >= 4 is 5.97 Å². The topological polar surface area (TPSA) is 55.1 Å². The molecule has 7 heteroatoms. The van der Waals surface area contributed by atoms with Crippen molar-refractivity contribution in [1.82, 2.24) is 9.78 Å². The summed E-state index contributed by atoms with van der Waals surface area (Å²) in [5, 5.41) is 13.0. The van der Waals surface area contributed by atoms with E-state index in [1.54, 1.807) is 0 Å². The number of carbonyl (C=O) groups is 1. The molecule has 1 aromatic carbocycles. The number of hydrogen-bond acceptors (Lipinski definition) is 2. The Bertz CT molecular complexity index is 675. The number of aromatic nitrogens is 2. The van der Waals surface area contributed by atoms with Crippen molar-refractivity contribution in [3.05, 3.63) is 46.8 Å². The molecule has 0 aliphatic rings. The quantitative estimate of drug-likeness (QED) is 0.921. The van der Waals surface area contributed by atoms with Crippen molar-refractivity contribution in [3.8, 4) is 5.69 Å². The molecule has 0 aliphatic carbocycles. The SMILES string of the molecule is Cc1nn(-c2ccccc2C(F)(F)F)c(C)c1C(=O)O. The first-order valence-electron chi connectivity index (χ1n) is 5.69. The normalized spacial score (nSPS) is 11.7. The highest BCUT2D eigenvalue weighted by atomic mass is 19.4. The molecule has 4 nitrogen and oxygen atoms in total. The molecule has 106 valence electrons. The van der Waals surface area contributed by atoms with Crippen LogP contribution in [-0.4, -0.2) is 20.9 Å². The van der Waals surface area contributed by atoms with E-state index >= 15 is 0 Å². The van der Waals surface area contributed by atoms with Crippen LogP contribution in [0.15, 0.2) is 24.3 Å². The molecule has 0 atom stereocenters. The predicted octanol–water partition coefficient (Wildman–Crippen LogP) is 3.21. The number of nitrogens with zero attached hydrogens (tertiary/aromatic N) is 2. The highest BCUT2D eigenvalue weighted by molar-refractivity contribution is 5.90. The van der Waals surface area contributed by atoms with Gasteiger partial charge < -0.3 is 5.11 Å². The van der Waals surface area contributed by atoms with Crippen molar-refractivity contribution < 1.29 is 23.1 Å². The summed E-state index contributed by atoms with van der Waals surface area (Å²) >= 11 is 0. The van der Waals surface area contributed by atoms with Crippen molar-refractivity contribution in [2.24, 2.45) is 0 Å². The van der Waals surface area contributed by atoms with Crippen molar-refractivity contribution in [2.75, 3.05) is 0 Å². The van der Waals surface area contributed by atoms with Crippen LogP contribution in [0.4, 0.5) is 13.2 Å². The standard InChI is InChI=1S/C13H11F3N2O2/c1-7-11(12(19)20)8(2)18(17-7)10-6-4-3-5-9(10)13(14,15)16/h3-6H,1-2H3,(H,19,20). The Hall–Kier alpha value is -2.31. The van der Waals surface area contributed by atoms with Crippen molar-refractivity contribution in [3.63, 3.8) is 0 Å². The molecule has 0 saturated carbocycles. The van der Waals surface area contributed by atoms with Gasteiger partial charge in [-0.3, -0.25) is 0 Å². The Morgan fingerprint density at radius 1 is 1.25 bits per heavy atom. The Morgan fingerprint density at radius 3 is 2.35 bits per heavy atom. The van der Waals surface area contributed by atoms with E-state index in [0.29, 0.717) is 0 Å². The van der Waals surface area contributed by atoms with Gasteiger partial charge in [0.2, 0.25) is 0 Å². The summed E-state index contributed by atoms with van der Waals surface area (Å²) in [6.45, 7) is 2.87. The number of para-hydroxylation sites is 1. The maximum Gasteiger partial charge on any atom is 0.418 e. The largest absolute Gasteiger partial charge is 0.478 e. The molecule has 0 aliphatic heterocycles. The highest BCUT2D eigenvalue weighted by Gasteiger charge is 2.34. The molecular weight excluding hydrogens is 273 g/mol. The zero-order valence-electron chi connectivity index (χ0n) is 10.7. The molecule has 0 saturated heterocycles. The molecule has 2 aromatic rings. The van der Waals surface area contributed by atoms with Crippen LogP contribution in [-0.2, 0) is 6.18 Å². The van der Waals surface area contributed by atoms with Crippen molar-refractivity contribution in [2.45, 2.75) is 20.0 Å². The van der Waals surface area contributed by atoms with Crippen LogP contribution in [0.25, 0.3) is 5.69 Å². The number of carboxylic acids is 1. The molecule has 20 heavy (non-hydrogen) atoms. The van der Waals surface area contributed by atoms with E-state index in [9.17, 15) is 18.0 Å². The number of rotatable bonds is 2. The van der Waals surface area contributed by atoms with Crippen LogP contribution in [0.2, 0.25) is 0 Å². The maximum absolute atomic E-state index is 13.0. The van der Waals surface area contributed by atoms with E-state index in [-0.39, 0.29) is 22.6 Å². The number of carboxylic acid groups (broad SMARTS) is 1. The second-order valence-electron chi connectivity index (χ2n) is 4.28. The molecule has 0 unspecified atom stereocenters. The van der Waals surface area contributed by atoms with E-state index in [1.165, 1.54) is 32.0 Å². The van der Waals surface area contributed by atoms with Crippen molar-refractivity contribution in [1.29, 1.82) is 0 Å². The van der Waals surface area contributed by atoms with E-state index in [0.717, 1.165) is 10.7 Å². The highest BCUT2D eigenvalue weighted by Crippen LogP contribution is 2.34. The lowest BCUT2D eigenvalue weighted by molar-refractivity contribution is -0.137. The fourth-order valence-corrected chi connectivity index (χ4v) is 2.08. The van der Waals surface area contributed by atoms with Gasteiger partial charge in [-0.05, 0) is 26.0 Å². The number of halogens is 3. The van der Waals surface area contributed by atoms with Gasteiger partial charge in [0.25, 0.3) is 0 Å². The Balaban J connectivity index is 2.71. The van der Waals surface area contributed by atoms with Crippen LogP contribution in [0.3, 0.4) is 0 Å². The minimum Gasteiger partial charge on any atom is -0.478 e. The molecule has 1 aromatic heterocycles. The van der Waals surface area contributed by atoms with E-state index < -0.39 is 17.7 Å². The number of hydrogen-bond donors (Lipinski definition) is 1. The minimum absolute atomic E-state index is 0.0815. The average molecular weight is 284 g/mol. The van der Waals surface area contributed by atoms with Gasteiger partial charge in [0, 0.05) is 0 Å². The lowest BCUT2D eigenvalue weighted by Gasteiger charge is -2.13. The summed E-state index contributed by atoms with van der Waals surface area (Å²) in [7, 11) is 0. The average Bonchev–Trinajstić information content (AvgIpc) is 2.63. The lowest BCUT2D eigenvalue weighted by atomic mass is 10.1. The number of alkyl halides is 3. The molecule has 0 amide bonds. The second-order valence-corrected chi connectivity index (χ2v) is 4.28. The molecule has 0 radical (unpaired) electrons. The van der Waals surface area contributed by atoms with Crippen LogP contribution in [0.1, 0.15) is 27.3 Å². The Morgan fingerprint density at radius 2 is 1.85 bits per heavy atom. The Kier molecular flexibility index (Phi) is 3.29. The lowest BCUT2D eigenvalue weighted by Crippen LogP contribution is -2.12. The second kappa shape index (κ2) is 4.66. The molecule has 0 bridgehead atoms. The molecule has 1 N–H and O–H groups in total. The van der Waals surface area contributed by atoms with Crippen LogP contribution in [0, 0.1) is 13.8 Å². The van der Waals surface area contributed by atoms with Crippen LogP contribution < -0.4 is 0 Å². The smallest absolute Gasteiger partial charge is 0.418 e. The first kappa shape index (κ1) is 14.1. The van der Waals surface area contributed by atoms with Crippen LogP contribution in [0.5, 0.6) is 0 Å². The monoisotopic (exact) mass is 284 g/mol. The molecule has 1 heterocycles. The first-order valence-corrected chi connectivity index (χ1v) is 5.69. The van der Waals surface area contributed by atoms with Gasteiger partial charge in [-0.2, -0.15) is 18.3 Å².